The summed E-state index contributed by atoms with van der Waals surface area (Å²) in [6.45, 7) is 4.52. The monoisotopic (exact) mass is 301 g/mol. The van der Waals surface area contributed by atoms with Crippen molar-refractivity contribution < 1.29 is 12.8 Å². The molecular formula is C13H20FN3O2S. The predicted octanol–water partition coefficient (Wildman–Crippen LogP) is 1.17. The first kappa shape index (κ1) is 15.2. The highest BCUT2D eigenvalue weighted by atomic mass is 32.2. The number of halogens is 1. The first-order valence-corrected chi connectivity index (χ1v) is 8.16. The SMILES string of the molecule is CC(CN1CCCC1)NS(=O)(=O)c1ccc(F)c(N)c1. The Labute approximate surface area is 119 Å². The van der Waals surface area contributed by atoms with Crippen LogP contribution in [0.2, 0.25) is 0 Å². The lowest BCUT2D eigenvalue weighted by Crippen LogP contribution is -2.41. The number of sulfonamides is 1. The second kappa shape index (κ2) is 6.07. The van der Waals surface area contributed by atoms with Gasteiger partial charge in [-0.25, -0.2) is 17.5 Å². The van der Waals surface area contributed by atoms with Gasteiger partial charge in [0, 0.05) is 12.6 Å². The fraction of sp³-hybridized carbons (Fsp3) is 0.538. The van der Waals surface area contributed by atoms with E-state index in [1.807, 2.05) is 6.92 Å². The summed E-state index contributed by atoms with van der Waals surface area (Å²) in [5.74, 6) is -0.617. The van der Waals surface area contributed by atoms with Crippen LogP contribution in [0.4, 0.5) is 10.1 Å². The molecule has 0 aromatic heterocycles. The number of nitrogen functional groups attached to an aromatic ring is 1. The first-order valence-electron chi connectivity index (χ1n) is 6.68. The smallest absolute Gasteiger partial charge is 0.240 e. The maximum atomic E-state index is 13.1. The normalized spacial score (nSPS) is 18.3. The summed E-state index contributed by atoms with van der Waals surface area (Å²) in [7, 11) is -3.66. The molecule has 2 rings (SSSR count). The molecule has 1 saturated heterocycles. The average molecular weight is 301 g/mol. The quantitative estimate of drug-likeness (QED) is 0.801. The van der Waals surface area contributed by atoms with Crippen LogP contribution in [-0.4, -0.2) is 39.0 Å². The Morgan fingerprint density at radius 1 is 1.40 bits per heavy atom. The molecule has 1 unspecified atom stereocenters. The number of hydrogen-bond acceptors (Lipinski definition) is 4. The number of rotatable bonds is 5. The molecule has 1 aliphatic heterocycles. The van der Waals surface area contributed by atoms with Gasteiger partial charge >= 0.3 is 0 Å². The summed E-state index contributed by atoms with van der Waals surface area (Å²) in [6, 6.07) is 3.22. The van der Waals surface area contributed by atoms with Gasteiger partial charge in [0.05, 0.1) is 10.6 Å². The highest BCUT2D eigenvalue weighted by molar-refractivity contribution is 7.89. The van der Waals surface area contributed by atoms with E-state index in [9.17, 15) is 12.8 Å². The van der Waals surface area contributed by atoms with E-state index in [0.29, 0.717) is 6.54 Å². The van der Waals surface area contributed by atoms with E-state index in [4.69, 9.17) is 5.73 Å². The van der Waals surface area contributed by atoms with Crippen LogP contribution >= 0.6 is 0 Å². The van der Waals surface area contributed by atoms with Gasteiger partial charge < -0.3 is 10.6 Å². The minimum absolute atomic E-state index is 0.00956. The zero-order valence-corrected chi connectivity index (χ0v) is 12.3. The Bertz CT molecular complexity index is 571. The molecule has 1 aromatic rings. The van der Waals surface area contributed by atoms with Gasteiger partial charge in [0.25, 0.3) is 0 Å². The van der Waals surface area contributed by atoms with Crippen LogP contribution in [0.1, 0.15) is 19.8 Å². The van der Waals surface area contributed by atoms with Crippen LogP contribution < -0.4 is 10.5 Å². The minimum Gasteiger partial charge on any atom is -0.396 e. The van der Waals surface area contributed by atoms with Crippen LogP contribution in [0.3, 0.4) is 0 Å². The van der Waals surface area contributed by atoms with Gasteiger partial charge in [-0.2, -0.15) is 0 Å². The summed E-state index contributed by atoms with van der Waals surface area (Å²) >= 11 is 0. The second-order valence-electron chi connectivity index (χ2n) is 5.21. The number of benzene rings is 1. The number of nitrogens with zero attached hydrogens (tertiary/aromatic N) is 1. The van der Waals surface area contributed by atoms with Crippen molar-refractivity contribution >= 4 is 15.7 Å². The van der Waals surface area contributed by atoms with Crippen LogP contribution in [0.15, 0.2) is 23.1 Å². The van der Waals surface area contributed by atoms with E-state index in [-0.39, 0.29) is 16.6 Å². The van der Waals surface area contributed by atoms with Crippen molar-refractivity contribution in [2.24, 2.45) is 0 Å². The zero-order valence-electron chi connectivity index (χ0n) is 11.5. The predicted molar refractivity (Wildman–Crippen MR) is 76.3 cm³/mol. The molecule has 1 aromatic carbocycles. The van der Waals surface area contributed by atoms with Crippen LogP contribution in [-0.2, 0) is 10.0 Å². The van der Waals surface area contributed by atoms with Crippen molar-refractivity contribution in [1.82, 2.24) is 9.62 Å². The van der Waals surface area contributed by atoms with Crippen molar-refractivity contribution in [2.75, 3.05) is 25.4 Å². The maximum absolute atomic E-state index is 13.1. The molecule has 0 amide bonds. The third kappa shape index (κ3) is 3.68. The Morgan fingerprint density at radius 2 is 2.05 bits per heavy atom. The molecule has 20 heavy (non-hydrogen) atoms. The number of anilines is 1. The summed E-state index contributed by atoms with van der Waals surface area (Å²) in [5, 5.41) is 0. The summed E-state index contributed by atoms with van der Waals surface area (Å²) in [4.78, 5) is 2.22. The summed E-state index contributed by atoms with van der Waals surface area (Å²) in [6.07, 6.45) is 2.32. The van der Waals surface area contributed by atoms with Crippen LogP contribution in [0.5, 0.6) is 0 Å². The Morgan fingerprint density at radius 3 is 2.65 bits per heavy atom. The first-order chi connectivity index (χ1) is 9.38. The molecule has 3 N–H and O–H groups in total. The molecule has 1 aliphatic rings. The van der Waals surface area contributed by atoms with Gasteiger partial charge in [0.2, 0.25) is 10.0 Å². The maximum Gasteiger partial charge on any atom is 0.240 e. The molecule has 0 radical (unpaired) electrons. The van der Waals surface area contributed by atoms with Crippen molar-refractivity contribution in [3.8, 4) is 0 Å². The van der Waals surface area contributed by atoms with Crippen molar-refractivity contribution in [3.63, 3.8) is 0 Å². The number of hydrogen-bond donors (Lipinski definition) is 2. The van der Waals surface area contributed by atoms with E-state index >= 15 is 0 Å². The third-order valence-electron chi connectivity index (χ3n) is 3.36. The largest absolute Gasteiger partial charge is 0.396 e. The van der Waals surface area contributed by atoms with Gasteiger partial charge in [0.15, 0.2) is 0 Å². The zero-order chi connectivity index (χ0) is 14.8. The number of nitrogens with one attached hydrogen (secondary N) is 1. The fourth-order valence-electron chi connectivity index (χ4n) is 2.41. The Balaban J connectivity index is 2.03. The highest BCUT2D eigenvalue weighted by Gasteiger charge is 2.21. The van der Waals surface area contributed by atoms with E-state index in [2.05, 4.69) is 9.62 Å². The lowest BCUT2D eigenvalue weighted by atomic mass is 10.3. The molecule has 1 fully saturated rings. The molecule has 5 nitrogen and oxygen atoms in total. The van der Waals surface area contributed by atoms with E-state index in [1.165, 1.54) is 6.07 Å². The Kier molecular flexibility index (Phi) is 4.62. The molecular weight excluding hydrogens is 281 g/mol. The van der Waals surface area contributed by atoms with Gasteiger partial charge in [-0.15, -0.1) is 0 Å². The molecule has 1 atom stereocenters. The lowest BCUT2D eigenvalue weighted by Gasteiger charge is -2.21. The molecule has 1 heterocycles. The molecule has 0 bridgehead atoms. The molecule has 0 saturated carbocycles. The highest BCUT2D eigenvalue weighted by Crippen LogP contribution is 2.17. The van der Waals surface area contributed by atoms with Gasteiger partial charge in [-0.05, 0) is 51.1 Å². The molecule has 112 valence electrons. The van der Waals surface area contributed by atoms with E-state index in [0.717, 1.165) is 38.1 Å². The summed E-state index contributed by atoms with van der Waals surface area (Å²) in [5.41, 5.74) is 5.24. The van der Waals surface area contributed by atoms with Crippen molar-refractivity contribution in [2.45, 2.75) is 30.7 Å². The molecule has 0 aliphatic carbocycles. The number of nitrogens with two attached hydrogens (primary N) is 1. The van der Waals surface area contributed by atoms with Gasteiger partial charge in [-0.3, -0.25) is 0 Å². The topological polar surface area (TPSA) is 75.4 Å². The van der Waals surface area contributed by atoms with Crippen LogP contribution in [0.25, 0.3) is 0 Å². The lowest BCUT2D eigenvalue weighted by molar-refractivity contribution is 0.313. The van der Waals surface area contributed by atoms with Crippen LogP contribution in [0, 0.1) is 5.82 Å². The van der Waals surface area contributed by atoms with E-state index in [1.54, 1.807) is 0 Å². The van der Waals surface area contributed by atoms with Gasteiger partial charge in [-0.1, -0.05) is 0 Å². The third-order valence-corrected chi connectivity index (χ3v) is 4.95. The van der Waals surface area contributed by atoms with Gasteiger partial charge in [0.1, 0.15) is 5.82 Å². The average Bonchev–Trinajstić information content (AvgIpc) is 2.84. The summed E-state index contributed by atoms with van der Waals surface area (Å²) < 4.78 is 40.0. The second-order valence-corrected chi connectivity index (χ2v) is 6.93. The minimum atomic E-state index is -3.66. The van der Waals surface area contributed by atoms with E-state index < -0.39 is 15.8 Å². The van der Waals surface area contributed by atoms with Crippen molar-refractivity contribution in [1.29, 1.82) is 0 Å². The standard InChI is InChI=1S/C13H20FN3O2S/c1-10(9-17-6-2-3-7-17)16-20(18,19)11-4-5-12(14)13(15)8-11/h4-5,8,10,16H,2-3,6-7,9,15H2,1H3. The number of likely N-dealkylation sites (tertiary alicyclic amines) is 1. The molecule has 7 heteroatoms. The fourth-order valence-corrected chi connectivity index (χ4v) is 3.68. The van der Waals surface area contributed by atoms with Crippen molar-refractivity contribution in [3.05, 3.63) is 24.0 Å². The molecule has 0 spiro atoms. The Hall–Kier alpha value is -1.18.